The molecule has 2 heterocycles. The van der Waals surface area contributed by atoms with Crippen molar-refractivity contribution in [2.24, 2.45) is 0 Å². The Morgan fingerprint density at radius 3 is 2.46 bits per heavy atom. The van der Waals surface area contributed by atoms with Crippen molar-refractivity contribution in [3.63, 3.8) is 0 Å². The number of hydrogen-bond acceptors (Lipinski definition) is 4. The minimum atomic E-state index is -0.223. The third kappa shape index (κ3) is 4.22. The van der Waals surface area contributed by atoms with Gasteiger partial charge in [0.2, 0.25) is 0 Å². The highest BCUT2D eigenvalue weighted by Gasteiger charge is 2.30. The topological polar surface area (TPSA) is 49.9 Å². The number of Topliss-reactive ketones (excluding diaryl/α,β-unsaturated/α-hetero) is 1. The number of nitrogens with zero attached hydrogens (tertiary/aromatic N) is 2. The molecule has 1 aromatic carbocycles. The summed E-state index contributed by atoms with van der Waals surface area (Å²) in [5.74, 6) is 0.329. The van der Waals surface area contributed by atoms with Crippen LogP contribution in [0.25, 0.3) is 0 Å². The quantitative estimate of drug-likeness (QED) is 0.774. The summed E-state index contributed by atoms with van der Waals surface area (Å²) in [6.07, 6.45) is 2.14. The Labute approximate surface area is 143 Å². The standard InChI is InChI=1S/C19H26N2O3/c1-15-4-6-16(7-5-15)17(22)8-9-20-10-12-21(13-11-20)19(23)18-3-2-14-24-18/h4-7,18H,2-3,8-14H2,1H3/t18-/m1/s1. The van der Waals surface area contributed by atoms with Crippen LogP contribution in [-0.2, 0) is 9.53 Å². The molecule has 2 aliphatic rings. The fourth-order valence-corrected chi connectivity index (χ4v) is 3.31. The van der Waals surface area contributed by atoms with Crippen LogP contribution in [0.3, 0.4) is 0 Å². The molecule has 0 spiro atoms. The molecule has 24 heavy (non-hydrogen) atoms. The van der Waals surface area contributed by atoms with Gasteiger partial charge in [-0.1, -0.05) is 29.8 Å². The molecular formula is C19H26N2O3. The normalized spacial score (nSPS) is 21.9. The molecule has 5 nitrogen and oxygen atoms in total. The van der Waals surface area contributed by atoms with Crippen LogP contribution in [-0.4, -0.2) is 66.9 Å². The van der Waals surface area contributed by atoms with E-state index >= 15 is 0 Å². The molecule has 2 aliphatic heterocycles. The van der Waals surface area contributed by atoms with E-state index in [1.807, 2.05) is 36.1 Å². The number of aryl methyl sites for hydroxylation is 1. The first-order valence-electron chi connectivity index (χ1n) is 8.86. The maximum Gasteiger partial charge on any atom is 0.251 e. The smallest absolute Gasteiger partial charge is 0.251 e. The number of piperazine rings is 1. The van der Waals surface area contributed by atoms with Gasteiger partial charge in [-0.25, -0.2) is 0 Å². The van der Waals surface area contributed by atoms with E-state index in [-0.39, 0.29) is 17.8 Å². The second-order valence-electron chi connectivity index (χ2n) is 6.71. The van der Waals surface area contributed by atoms with Gasteiger partial charge in [-0.05, 0) is 19.8 Å². The molecule has 0 saturated carbocycles. The van der Waals surface area contributed by atoms with Crippen LogP contribution in [0.2, 0.25) is 0 Å². The largest absolute Gasteiger partial charge is 0.368 e. The number of amides is 1. The van der Waals surface area contributed by atoms with Gasteiger partial charge in [0.15, 0.2) is 5.78 Å². The predicted octanol–water partition coefficient (Wildman–Crippen LogP) is 1.89. The Morgan fingerprint density at radius 1 is 1.12 bits per heavy atom. The highest BCUT2D eigenvalue weighted by Crippen LogP contribution is 2.16. The number of benzene rings is 1. The van der Waals surface area contributed by atoms with E-state index in [0.717, 1.165) is 51.1 Å². The van der Waals surface area contributed by atoms with Gasteiger partial charge in [0, 0.05) is 51.3 Å². The first kappa shape index (κ1) is 17.1. The summed E-state index contributed by atoms with van der Waals surface area (Å²) < 4.78 is 5.48. The van der Waals surface area contributed by atoms with E-state index in [9.17, 15) is 9.59 Å². The van der Waals surface area contributed by atoms with E-state index in [1.54, 1.807) is 0 Å². The second kappa shape index (κ2) is 7.90. The molecule has 1 amide bonds. The third-order valence-electron chi connectivity index (χ3n) is 4.92. The molecule has 3 rings (SSSR count). The summed E-state index contributed by atoms with van der Waals surface area (Å²) in [5.41, 5.74) is 1.95. The van der Waals surface area contributed by atoms with Crippen LogP contribution in [0, 0.1) is 6.92 Å². The zero-order valence-corrected chi connectivity index (χ0v) is 14.4. The zero-order valence-electron chi connectivity index (χ0n) is 14.4. The Morgan fingerprint density at radius 2 is 1.83 bits per heavy atom. The maximum absolute atomic E-state index is 12.3. The van der Waals surface area contributed by atoms with Crippen molar-refractivity contribution in [1.82, 2.24) is 9.80 Å². The van der Waals surface area contributed by atoms with Crippen molar-refractivity contribution < 1.29 is 14.3 Å². The molecule has 5 heteroatoms. The van der Waals surface area contributed by atoms with Crippen LogP contribution in [0.5, 0.6) is 0 Å². The van der Waals surface area contributed by atoms with Gasteiger partial charge in [-0.15, -0.1) is 0 Å². The summed E-state index contributed by atoms with van der Waals surface area (Å²) in [4.78, 5) is 28.7. The van der Waals surface area contributed by atoms with E-state index in [0.29, 0.717) is 13.0 Å². The number of carbonyl (C=O) groups excluding carboxylic acids is 2. The van der Waals surface area contributed by atoms with Gasteiger partial charge in [-0.2, -0.15) is 0 Å². The summed E-state index contributed by atoms with van der Waals surface area (Å²) in [6.45, 7) is 6.62. The van der Waals surface area contributed by atoms with Gasteiger partial charge in [0.1, 0.15) is 6.10 Å². The summed E-state index contributed by atoms with van der Waals surface area (Å²) in [7, 11) is 0. The van der Waals surface area contributed by atoms with E-state index in [2.05, 4.69) is 4.90 Å². The number of ketones is 1. The molecule has 0 bridgehead atoms. The van der Waals surface area contributed by atoms with Gasteiger partial charge < -0.3 is 9.64 Å². The SMILES string of the molecule is Cc1ccc(C(=O)CCN2CCN(C(=O)[C@H]3CCCO3)CC2)cc1. The number of ether oxygens (including phenoxy) is 1. The number of carbonyl (C=O) groups is 2. The fraction of sp³-hybridized carbons (Fsp3) is 0.579. The first-order valence-corrected chi connectivity index (χ1v) is 8.86. The van der Waals surface area contributed by atoms with Crippen LogP contribution >= 0.6 is 0 Å². The third-order valence-corrected chi connectivity index (χ3v) is 4.92. The Kier molecular flexibility index (Phi) is 5.63. The Bertz CT molecular complexity index is 571. The molecule has 0 aromatic heterocycles. The van der Waals surface area contributed by atoms with E-state index in [1.165, 1.54) is 5.56 Å². The average Bonchev–Trinajstić information content (AvgIpc) is 3.15. The molecule has 130 valence electrons. The minimum absolute atomic E-state index is 0.142. The molecule has 2 saturated heterocycles. The fourth-order valence-electron chi connectivity index (χ4n) is 3.31. The van der Waals surface area contributed by atoms with Crippen molar-refractivity contribution in [1.29, 1.82) is 0 Å². The van der Waals surface area contributed by atoms with E-state index < -0.39 is 0 Å². The molecule has 1 aromatic rings. The molecule has 0 N–H and O–H groups in total. The van der Waals surface area contributed by atoms with E-state index in [4.69, 9.17) is 4.74 Å². The van der Waals surface area contributed by atoms with Gasteiger partial charge in [0.05, 0.1) is 0 Å². The predicted molar refractivity (Wildman–Crippen MR) is 92.1 cm³/mol. The molecule has 2 fully saturated rings. The Hall–Kier alpha value is -1.72. The number of rotatable bonds is 5. The molecule has 0 aliphatic carbocycles. The lowest BCUT2D eigenvalue weighted by molar-refractivity contribution is -0.142. The van der Waals surface area contributed by atoms with Gasteiger partial charge in [0.25, 0.3) is 5.91 Å². The average molecular weight is 330 g/mol. The van der Waals surface area contributed by atoms with Crippen molar-refractivity contribution >= 4 is 11.7 Å². The van der Waals surface area contributed by atoms with Crippen molar-refractivity contribution in [2.75, 3.05) is 39.3 Å². The summed E-state index contributed by atoms with van der Waals surface area (Å²) >= 11 is 0. The first-order chi connectivity index (χ1) is 11.6. The summed E-state index contributed by atoms with van der Waals surface area (Å²) in [6, 6.07) is 7.75. The molecular weight excluding hydrogens is 304 g/mol. The molecule has 1 atom stereocenters. The van der Waals surface area contributed by atoms with Crippen molar-refractivity contribution in [2.45, 2.75) is 32.3 Å². The van der Waals surface area contributed by atoms with Crippen LogP contribution in [0.15, 0.2) is 24.3 Å². The highest BCUT2D eigenvalue weighted by atomic mass is 16.5. The Balaban J connectivity index is 1.41. The van der Waals surface area contributed by atoms with Gasteiger partial charge in [-0.3, -0.25) is 14.5 Å². The van der Waals surface area contributed by atoms with Crippen LogP contribution in [0.4, 0.5) is 0 Å². The zero-order chi connectivity index (χ0) is 16.9. The summed E-state index contributed by atoms with van der Waals surface area (Å²) in [5, 5.41) is 0. The lowest BCUT2D eigenvalue weighted by Gasteiger charge is -2.35. The number of hydrogen-bond donors (Lipinski definition) is 0. The highest BCUT2D eigenvalue weighted by molar-refractivity contribution is 5.96. The minimum Gasteiger partial charge on any atom is -0.368 e. The van der Waals surface area contributed by atoms with Crippen molar-refractivity contribution in [3.05, 3.63) is 35.4 Å². The lowest BCUT2D eigenvalue weighted by atomic mass is 10.1. The van der Waals surface area contributed by atoms with Gasteiger partial charge >= 0.3 is 0 Å². The van der Waals surface area contributed by atoms with Crippen molar-refractivity contribution in [3.8, 4) is 0 Å². The van der Waals surface area contributed by atoms with Crippen LogP contribution < -0.4 is 0 Å². The van der Waals surface area contributed by atoms with Crippen LogP contribution in [0.1, 0.15) is 35.2 Å². The maximum atomic E-state index is 12.3. The lowest BCUT2D eigenvalue weighted by Crippen LogP contribution is -2.51. The molecule has 0 radical (unpaired) electrons. The molecule has 0 unspecified atom stereocenters. The second-order valence-corrected chi connectivity index (χ2v) is 6.71. The monoisotopic (exact) mass is 330 g/mol.